The van der Waals surface area contributed by atoms with Crippen LogP contribution in [0.2, 0.25) is 0 Å². The van der Waals surface area contributed by atoms with Gasteiger partial charge in [0.05, 0.1) is 13.7 Å². The number of ether oxygens (including phenoxy) is 2. The highest BCUT2D eigenvalue weighted by molar-refractivity contribution is 5.92. The number of hydrogen-bond donors (Lipinski definition) is 0. The van der Waals surface area contributed by atoms with E-state index in [0.29, 0.717) is 17.4 Å². The molecule has 1 amide bonds. The van der Waals surface area contributed by atoms with Crippen LogP contribution in [0.5, 0.6) is 5.75 Å². The lowest BCUT2D eigenvalue weighted by Crippen LogP contribution is -2.30. The Morgan fingerprint density at radius 3 is 3.15 bits per heavy atom. The van der Waals surface area contributed by atoms with Gasteiger partial charge in [0, 0.05) is 37.9 Å². The fourth-order valence-electron chi connectivity index (χ4n) is 2.36. The average molecular weight is 278 g/mol. The van der Waals surface area contributed by atoms with Gasteiger partial charge in [0.25, 0.3) is 5.91 Å². The fraction of sp³-hybridized carbons (Fsp3) is 0.600. The summed E-state index contributed by atoms with van der Waals surface area (Å²) in [6, 6.07) is 3.42. The Morgan fingerprint density at radius 1 is 1.55 bits per heavy atom. The largest absolute Gasteiger partial charge is 0.497 e. The molecule has 0 spiro atoms. The number of hydrogen-bond acceptors (Lipinski definition) is 4. The molecule has 110 valence electrons. The third kappa shape index (κ3) is 3.70. The lowest BCUT2D eigenvalue weighted by atomic mass is 10.1. The molecule has 0 bridgehead atoms. The fourth-order valence-corrected chi connectivity index (χ4v) is 2.36. The predicted octanol–water partition coefficient (Wildman–Crippen LogP) is 1.98. The maximum Gasteiger partial charge on any atom is 0.272 e. The van der Waals surface area contributed by atoms with Gasteiger partial charge in [-0.15, -0.1) is 0 Å². The smallest absolute Gasteiger partial charge is 0.272 e. The topological polar surface area (TPSA) is 51.7 Å². The second kappa shape index (κ2) is 7.24. The minimum atomic E-state index is -0.0260. The number of aromatic nitrogens is 1. The third-order valence-electron chi connectivity index (χ3n) is 3.46. The Balaban J connectivity index is 1.90. The van der Waals surface area contributed by atoms with E-state index in [4.69, 9.17) is 9.47 Å². The van der Waals surface area contributed by atoms with Gasteiger partial charge in [0.2, 0.25) is 0 Å². The minimum absolute atomic E-state index is 0.0260. The average Bonchev–Trinajstić information content (AvgIpc) is 2.95. The number of rotatable bonds is 6. The maximum atomic E-state index is 12.4. The molecule has 20 heavy (non-hydrogen) atoms. The molecule has 5 nitrogen and oxygen atoms in total. The summed E-state index contributed by atoms with van der Waals surface area (Å²) in [6.07, 6.45) is 3.63. The maximum absolute atomic E-state index is 12.4. The number of pyridine rings is 1. The van der Waals surface area contributed by atoms with E-state index < -0.39 is 0 Å². The van der Waals surface area contributed by atoms with E-state index in [1.165, 1.54) is 0 Å². The first-order valence-corrected chi connectivity index (χ1v) is 7.11. The van der Waals surface area contributed by atoms with E-state index in [1.54, 1.807) is 25.4 Å². The number of likely N-dealkylation sites (tertiary alicyclic amines) is 1. The van der Waals surface area contributed by atoms with Crippen molar-refractivity contribution in [1.29, 1.82) is 0 Å². The van der Waals surface area contributed by atoms with E-state index in [1.807, 2.05) is 4.90 Å². The summed E-state index contributed by atoms with van der Waals surface area (Å²) < 4.78 is 10.7. The Kier molecular flexibility index (Phi) is 5.35. The molecule has 2 heterocycles. The summed E-state index contributed by atoms with van der Waals surface area (Å²) in [5.41, 5.74) is 0.444. The Hall–Kier alpha value is -1.62. The summed E-state index contributed by atoms with van der Waals surface area (Å²) in [7, 11) is 1.58. The molecular formula is C15H22N2O3. The number of methoxy groups -OCH3 is 1. The zero-order valence-electron chi connectivity index (χ0n) is 12.2. The van der Waals surface area contributed by atoms with Gasteiger partial charge in [0.15, 0.2) is 0 Å². The first kappa shape index (κ1) is 14.8. The summed E-state index contributed by atoms with van der Waals surface area (Å²) in [6.45, 7) is 5.16. The van der Waals surface area contributed by atoms with Gasteiger partial charge >= 0.3 is 0 Å². The molecule has 1 atom stereocenters. The number of carbonyl (C=O) groups is 1. The predicted molar refractivity (Wildman–Crippen MR) is 75.9 cm³/mol. The number of nitrogens with zero attached hydrogens (tertiary/aromatic N) is 2. The number of amides is 1. The zero-order chi connectivity index (χ0) is 14.4. The molecular weight excluding hydrogens is 256 g/mol. The minimum Gasteiger partial charge on any atom is -0.497 e. The molecule has 1 aliphatic rings. The second-order valence-corrected chi connectivity index (χ2v) is 5.06. The monoisotopic (exact) mass is 278 g/mol. The Morgan fingerprint density at radius 2 is 2.40 bits per heavy atom. The van der Waals surface area contributed by atoms with E-state index in [9.17, 15) is 4.79 Å². The van der Waals surface area contributed by atoms with Crippen LogP contribution in [-0.4, -0.2) is 49.2 Å². The summed E-state index contributed by atoms with van der Waals surface area (Å²) >= 11 is 0. The van der Waals surface area contributed by atoms with Gasteiger partial charge in [0.1, 0.15) is 11.4 Å². The summed E-state index contributed by atoms with van der Waals surface area (Å²) in [5, 5.41) is 0. The van der Waals surface area contributed by atoms with E-state index in [0.717, 1.165) is 39.1 Å². The highest BCUT2D eigenvalue weighted by Crippen LogP contribution is 2.20. The van der Waals surface area contributed by atoms with Crippen molar-refractivity contribution in [3.63, 3.8) is 0 Å². The zero-order valence-corrected chi connectivity index (χ0v) is 12.2. The first-order valence-electron chi connectivity index (χ1n) is 7.11. The van der Waals surface area contributed by atoms with Crippen LogP contribution in [0.25, 0.3) is 0 Å². The molecule has 1 unspecified atom stereocenters. The van der Waals surface area contributed by atoms with Crippen molar-refractivity contribution < 1.29 is 14.3 Å². The van der Waals surface area contributed by atoms with Gasteiger partial charge in [-0.3, -0.25) is 9.78 Å². The molecule has 1 saturated heterocycles. The molecule has 0 aliphatic carbocycles. The van der Waals surface area contributed by atoms with Gasteiger partial charge in [-0.05, 0) is 18.9 Å². The van der Waals surface area contributed by atoms with Crippen LogP contribution in [0.15, 0.2) is 18.3 Å². The van der Waals surface area contributed by atoms with Crippen molar-refractivity contribution in [1.82, 2.24) is 9.88 Å². The number of carbonyl (C=O) groups excluding carboxylic acids is 1. The van der Waals surface area contributed by atoms with Gasteiger partial charge in [-0.1, -0.05) is 6.92 Å². The van der Waals surface area contributed by atoms with Crippen molar-refractivity contribution in [2.75, 3.05) is 33.4 Å². The molecule has 0 radical (unpaired) electrons. The molecule has 2 rings (SSSR count). The van der Waals surface area contributed by atoms with Gasteiger partial charge in [-0.2, -0.15) is 0 Å². The lowest BCUT2D eigenvalue weighted by molar-refractivity contribution is 0.0749. The van der Waals surface area contributed by atoms with E-state index >= 15 is 0 Å². The first-order chi connectivity index (χ1) is 9.74. The lowest BCUT2D eigenvalue weighted by Gasteiger charge is -2.16. The van der Waals surface area contributed by atoms with Crippen molar-refractivity contribution in [2.45, 2.75) is 19.8 Å². The highest BCUT2D eigenvalue weighted by atomic mass is 16.5. The van der Waals surface area contributed by atoms with Crippen LogP contribution < -0.4 is 4.74 Å². The van der Waals surface area contributed by atoms with Crippen molar-refractivity contribution in [2.24, 2.45) is 5.92 Å². The third-order valence-corrected chi connectivity index (χ3v) is 3.46. The van der Waals surface area contributed by atoms with Crippen LogP contribution >= 0.6 is 0 Å². The Bertz CT molecular complexity index is 450. The normalized spacial score (nSPS) is 18.3. The van der Waals surface area contributed by atoms with Crippen LogP contribution in [0.3, 0.4) is 0 Å². The summed E-state index contributed by atoms with van der Waals surface area (Å²) in [4.78, 5) is 18.3. The van der Waals surface area contributed by atoms with Gasteiger partial charge < -0.3 is 14.4 Å². The van der Waals surface area contributed by atoms with Gasteiger partial charge in [-0.25, -0.2) is 0 Å². The molecule has 1 fully saturated rings. The van der Waals surface area contributed by atoms with Crippen LogP contribution in [0.4, 0.5) is 0 Å². The highest BCUT2D eigenvalue weighted by Gasteiger charge is 2.27. The molecule has 1 aromatic heterocycles. The van der Waals surface area contributed by atoms with E-state index in [2.05, 4.69) is 11.9 Å². The second-order valence-electron chi connectivity index (χ2n) is 5.06. The molecule has 0 aromatic carbocycles. The van der Waals surface area contributed by atoms with Crippen LogP contribution in [0.1, 0.15) is 30.3 Å². The molecule has 0 saturated carbocycles. The summed E-state index contributed by atoms with van der Waals surface area (Å²) in [5.74, 6) is 1.07. The molecule has 1 aliphatic heterocycles. The quantitative estimate of drug-likeness (QED) is 0.747. The molecule has 1 aromatic rings. The standard InChI is InChI=1S/C15H22N2O3/c1-3-8-20-11-12-5-7-17(10-12)15(18)14-9-13(19-2)4-6-16-14/h4,6,9,12H,3,5,7-8,10-11H2,1-2H3. The molecule has 0 N–H and O–H groups in total. The molecule has 5 heteroatoms. The SMILES string of the molecule is CCCOCC1CCN(C(=O)c2cc(OC)ccn2)C1. The van der Waals surface area contributed by atoms with Crippen molar-refractivity contribution in [3.8, 4) is 5.75 Å². The Labute approximate surface area is 119 Å². The van der Waals surface area contributed by atoms with Crippen molar-refractivity contribution >= 4 is 5.91 Å². The van der Waals surface area contributed by atoms with E-state index in [-0.39, 0.29) is 5.91 Å². The van der Waals surface area contributed by atoms with Crippen LogP contribution in [-0.2, 0) is 4.74 Å². The van der Waals surface area contributed by atoms with Crippen molar-refractivity contribution in [3.05, 3.63) is 24.0 Å². The van der Waals surface area contributed by atoms with Crippen LogP contribution in [0, 0.1) is 5.92 Å².